The average molecular weight is 262 g/mol. The molecule has 0 radical (unpaired) electrons. The summed E-state index contributed by atoms with van der Waals surface area (Å²) in [7, 11) is 0. The smallest absolute Gasteiger partial charge is 0.233 e. The SMILES string of the molecule is CCNCC(=O)NCCc1cc(C(C)C)ccc1C. The third-order valence-corrected chi connectivity index (χ3v) is 3.29. The number of benzene rings is 1. The van der Waals surface area contributed by atoms with Crippen molar-refractivity contribution in [3.63, 3.8) is 0 Å². The maximum Gasteiger partial charge on any atom is 0.233 e. The molecular formula is C16H26N2O. The van der Waals surface area contributed by atoms with E-state index in [1.165, 1.54) is 16.7 Å². The molecule has 0 saturated carbocycles. The van der Waals surface area contributed by atoms with Crippen molar-refractivity contribution in [1.82, 2.24) is 10.6 Å². The van der Waals surface area contributed by atoms with Crippen molar-refractivity contribution in [3.05, 3.63) is 34.9 Å². The number of hydrogen-bond donors (Lipinski definition) is 2. The highest BCUT2D eigenvalue weighted by Gasteiger charge is 2.05. The van der Waals surface area contributed by atoms with Gasteiger partial charge in [0.15, 0.2) is 0 Å². The summed E-state index contributed by atoms with van der Waals surface area (Å²) in [5.41, 5.74) is 3.99. The molecule has 1 aromatic carbocycles. The summed E-state index contributed by atoms with van der Waals surface area (Å²) in [4.78, 5) is 11.5. The lowest BCUT2D eigenvalue weighted by molar-refractivity contribution is -0.120. The Morgan fingerprint density at radius 3 is 2.68 bits per heavy atom. The number of rotatable bonds is 7. The number of nitrogens with one attached hydrogen (secondary N) is 2. The Hall–Kier alpha value is -1.35. The third-order valence-electron chi connectivity index (χ3n) is 3.29. The highest BCUT2D eigenvalue weighted by Crippen LogP contribution is 2.18. The predicted octanol–water partition coefficient (Wildman–Crippen LogP) is 2.39. The first kappa shape index (κ1) is 15.7. The lowest BCUT2D eigenvalue weighted by Gasteiger charge is -2.12. The van der Waals surface area contributed by atoms with Crippen LogP contribution in [-0.4, -0.2) is 25.5 Å². The van der Waals surface area contributed by atoms with E-state index in [9.17, 15) is 4.79 Å². The van der Waals surface area contributed by atoms with E-state index in [1.807, 2.05) is 6.92 Å². The molecule has 106 valence electrons. The second-order valence-electron chi connectivity index (χ2n) is 5.22. The van der Waals surface area contributed by atoms with Crippen molar-refractivity contribution in [2.45, 2.75) is 40.0 Å². The van der Waals surface area contributed by atoms with Crippen LogP contribution in [0, 0.1) is 6.92 Å². The maximum absolute atomic E-state index is 11.5. The van der Waals surface area contributed by atoms with Crippen molar-refractivity contribution in [1.29, 1.82) is 0 Å². The lowest BCUT2D eigenvalue weighted by atomic mass is 9.96. The van der Waals surface area contributed by atoms with Crippen molar-refractivity contribution in [3.8, 4) is 0 Å². The third kappa shape index (κ3) is 5.43. The van der Waals surface area contributed by atoms with Gasteiger partial charge in [-0.05, 0) is 42.5 Å². The van der Waals surface area contributed by atoms with Crippen LogP contribution in [0.2, 0.25) is 0 Å². The number of carbonyl (C=O) groups is 1. The van der Waals surface area contributed by atoms with Crippen LogP contribution in [0.25, 0.3) is 0 Å². The number of hydrogen-bond acceptors (Lipinski definition) is 2. The van der Waals surface area contributed by atoms with E-state index >= 15 is 0 Å². The van der Waals surface area contributed by atoms with Gasteiger partial charge in [0.1, 0.15) is 0 Å². The Bertz CT molecular complexity index is 413. The quantitative estimate of drug-likeness (QED) is 0.792. The van der Waals surface area contributed by atoms with Crippen LogP contribution < -0.4 is 10.6 Å². The predicted molar refractivity (Wildman–Crippen MR) is 80.5 cm³/mol. The van der Waals surface area contributed by atoms with Gasteiger partial charge in [0.2, 0.25) is 5.91 Å². The minimum atomic E-state index is 0.0690. The van der Waals surface area contributed by atoms with Gasteiger partial charge in [-0.2, -0.15) is 0 Å². The Balaban J connectivity index is 2.48. The van der Waals surface area contributed by atoms with E-state index < -0.39 is 0 Å². The van der Waals surface area contributed by atoms with E-state index in [4.69, 9.17) is 0 Å². The summed E-state index contributed by atoms with van der Waals surface area (Å²) < 4.78 is 0. The summed E-state index contributed by atoms with van der Waals surface area (Å²) >= 11 is 0. The van der Waals surface area contributed by atoms with E-state index in [-0.39, 0.29) is 5.91 Å². The monoisotopic (exact) mass is 262 g/mol. The topological polar surface area (TPSA) is 41.1 Å². The van der Waals surface area contributed by atoms with Crippen LogP contribution in [-0.2, 0) is 11.2 Å². The number of likely N-dealkylation sites (N-methyl/N-ethyl adjacent to an activating group) is 1. The van der Waals surface area contributed by atoms with Crippen molar-refractivity contribution in [2.75, 3.05) is 19.6 Å². The van der Waals surface area contributed by atoms with Crippen LogP contribution in [0.4, 0.5) is 0 Å². The molecule has 2 N–H and O–H groups in total. The van der Waals surface area contributed by atoms with Crippen LogP contribution in [0.5, 0.6) is 0 Å². The largest absolute Gasteiger partial charge is 0.355 e. The summed E-state index contributed by atoms with van der Waals surface area (Å²) in [6, 6.07) is 6.62. The van der Waals surface area contributed by atoms with E-state index in [2.05, 4.69) is 49.6 Å². The fraction of sp³-hybridized carbons (Fsp3) is 0.562. The zero-order chi connectivity index (χ0) is 14.3. The highest BCUT2D eigenvalue weighted by molar-refractivity contribution is 5.77. The van der Waals surface area contributed by atoms with Crippen molar-refractivity contribution in [2.24, 2.45) is 0 Å². The summed E-state index contributed by atoms with van der Waals surface area (Å²) in [5, 5.41) is 5.96. The summed E-state index contributed by atoms with van der Waals surface area (Å²) in [5.74, 6) is 0.613. The fourth-order valence-electron chi connectivity index (χ4n) is 1.96. The van der Waals surface area contributed by atoms with Gasteiger partial charge in [-0.25, -0.2) is 0 Å². The molecule has 1 aromatic rings. The molecule has 0 fully saturated rings. The van der Waals surface area contributed by atoms with E-state index in [0.717, 1.165) is 13.0 Å². The second kappa shape index (κ2) is 7.95. The van der Waals surface area contributed by atoms with Crippen LogP contribution >= 0.6 is 0 Å². The number of carbonyl (C=O) groups excluding carboxylic acids is 1. The molecule has 0 aliphatic carbocycles. The van der Waals surface area contributed by atoms with Crippen LogP contribution in [0.3, 0.4) is 0 Å². The Morgan fingerprint density at radius 2 is 2.05 bits per heavy atom. The molecule has 0 spiro atoms. The molecule has 0 heterocycles. The van der Waals surface area contributed by atoms with E-state index in [1.54, 1.807) is 0 Å². The van der Waals surface area contributed by atoms with Crippen LogP contribution in [0.1, 0.15) is 43.4 Å². The van der Waals surface area contributed by atoms with Crippen LogP contribution in [0.15, 0.2) is 18.2 Å². The minimum absolute atomic E-state index is 0.0690. The Labute approximate surface area is 116 Å². The summed E-state index contributed by atoms with van der Waals surface area (Å²) in [6.45, 7) is 10.4. The van der Waals surface area contributed by atoms with Gasteiger partial charge in [-0.3, -0.25) is 4.79 Å². The standard InChI is InChI=1S/C16H26N2O/c1-5-17-11-16(19)18-9-8-15-10-14(12(2)3)7-6-13(15)4/h6-7,10,12,17H,5,8-9,11H2,1-4H3,(H,18,19). The molecule has 0 aromatic heterocycles. The summed E-state index contributed by atoms with van der Waals surface area (Å²) in [6.07, 6.45) is 0.893. The maximum atomic E-state index is 11.5. The molecule has 1 rings (SSSR count). The van der Waals surface area contributed by atoms with Gasteiger partial charge in [0.25, 0.3) is 0 Å². The molecule has 0 saturated heterocycles. The molecule has 0 aliphatic rings. The first-order valence-electron chi connectivity index (χ1n) is 7.11. The zero-order valence-corrected chi connectivity index (χ0v) is 12.5. The zero-order valence-electron chi connectivity index (χ0n) is 12.5. The highest BCUT2D eigenvalue weighted by atomic mass is 16.1. The molecule has 3 heteroatoms. The second-order valence-corrected chi connectivity index (χ2v) is 5.22. The lowest BCUT2D eigenvalue weighted by Crippen LogP contribution is -2.34. The molecule has 1 amide bonds. The molecule has 0 aliphatic heterocycles. The van der Waals surface area contributed by atoms with Crippen molar-refractivity contribution < 1.29 is 4.79 Å². The Morgan fingerprint density at radius 1 is 1.32 bits per heavy atom. The normalized spacial score (nSPS) is 10.8. The first-order chi connectivity index (χ1) is 9.04. The molecule has 3 nitrogen and oxygen atoms in total. The number of amides is 1. The van der Waals surface area contributed by atoms with Gasteiger partial charge < -0.3 is 10.6 Å². The fourth-order valence-corrected chi connectivity index (χ4v) is 1.96. The van der Waals surface area contributed by atoms with Gasteiger partial charge in [-0.15, -0.1) is 0 Å². The molecule has 0 atom stereocenters. The minimum Gasteiger partial charge on any atom is -0.355 e. The molecular weight excluding hydrogens is 236 g/mol. The van der Waals surface area contributed by atoms with Crippen molar-refractivity contribution >= 4 is 5.91 Å². The molecule has 19 heavy (non-hydrogen) atoms. The number of aryl methyl sites for hydroxylation is 1. The van der Waals surface area contributed by atoms with Gasteiger partial charge in [0.05, 0.1) is 6.54 Å². The van der Waals surface area contributed by atoms with Gasteiger partial charge in [0, 0.05) is 6.54 Å². The first-order valence-corrected chi connectivity index (χ1v) is 7.11. The van der Waals surface area contributed by atoms with Gasteiger partial charge in [-0.1, -0.05) is 39.0 Å². The molecule has 0 bridgehead atoms. The Kier molecular flexibility index (Phi) is 6.57. The van der Waals surface area contributed by atoms with E-state index in [0.29, 0.717) is 19.0 Å². The average Bonchev–Trinajstić information content (AvgIpc) is 2.38. The van der Waals surface area contributed by atoms with Gasteiger partial charge >= 0.3 is 0 Å². The molecule has 0 unspecified atom stereocenters.